The van der Waals surface area contributed by atoms with Gasteiger partial charge in [0.1, 0.15) is 17.5 Å². The Balaban J connectivity index is 0. The summed E-state index contributed by atoms with van der Waals surface area (Å²) in [7, 11) is 0. The van der Waals surface area contributed by atoms with Crippen molar-refractivity contribution in [2.24, 2.45) is 11.5 Å². The average Bonchev–Trinajstić information content (AvgIpc) is 2.02. The molecule has 3 nitrogen and oxygen atoms in total. The van der Waals surface area contributed by atoms with E-state index < -0.39 is 23.0 Å². The van der Waals surface area contributed by atoms with Crippen LogP contribution in [-0.2, 0) is 6.54 Å². The van der Waals surface area contributed by atoms with Gasteiger partial charge in [-0.1, -0.05) is 0 Å². The molecule has 0 fully saturated rings. The van der Waals surface area contributed by atoms with Crippen LogP contribution in [0.3, 0.4) is 0 Å². The van der Waals surface area contributed by atoms with E-state index in [9.17, 15) is 8.78 Å². The minimum Gasteiger partial charge on any atom is -0.384 e. The third-order valence-corrected chi connectivity index (χ3v) is 1.61. The molecule has 86 valence electrons. The Hall–Kier alpha value is -0.910. The molecule has 1 rings (SSSR count). The zero-order chi connectivity index (χ0) is 10.0. The molecule has 0 unspecified atom stereocenters. The fraction of sp³-hybridized carbons (Fsp3) is 0.125. The Kier molecular flexibility index (Phi) is 7.21. The maximum absolute atomic E-state index is 13.0. The predicted octanol–water partition coefficient (Wildman–Crippen LogP) is 1.55. The second-order valence-electron chi connectivity index (χ2n) is 2.55. The molecule has 0 amide bonds. The van der Waals surface area contributed by atoms with Crippen LogP contribution in [0.25, 0.3) is 0 Å². The summed E-state index contributed by atoms with van der Waals surface area (Å²) >= 11 is 0. The maximum atomic E-state index is 13.0. The van der Waals surface area contributed by atoms with Crippen molar-refractivity contribution in [1.82, 2.24) is 0 Å². The molecule has 0 spiro atoms. The number of hydrogen-bond acceptors (Lipinski definition) is 2. The number of nitrogens with one attached hydrogen (secondary N) is 1. The first kappa shape index (κ1) is 16.5. The highest BCUT2D eigenvalue weighted by molar-refractivity contribution is 5.95. The lowest BCUT2D eigenvalue weighted by Crippen LogP contribution is -2.16. The summed E-state index contributed by atoms with van der Waals surface area (Å²) in [5.74, 6) is -2.33. The zero-order valence-corrected chi connectivity index (χ0v) is 9.22. The lowest BCUT2D eigenvalue weighted by atomic mass is 10.1. The molecule has 5 N–H and O–H groups in total. The van der Waals surface area contributed by atoms with Gasteiger partial charge in [0, 0.05) is 6.54 Å². The van der Waals surface area contributed by atoms with Gasteiger partial charge in [-0.05, 0) is 17.7 Å². The molecule has 7 heteroatoms. The number of benzene rings is 1. The quantitative estimate of drug-likeness (QED) is 0.556. The summed E-state index contributed by atoms with van der Waals surface area (Å²) in [6.45, 7) is 0.0476. The molecule has 15 heavy (non-hydrogen) atoms. The van der Waals surface area contributed by atoms with Crippen LogP contribution in [0.4, 0.5) is 8.78 Å². The topological polar surface area (TPSA) is 75.9 Å². The molecule has 0 aromatic heterocycles. The summed E-state index contributed by atoms with van der Waals surface area (Å²) in [6, 6.07) is 2.14. The molecule has 0 aliphatic carbocycles. The largest absolute Gasteiger partial charge is 0.384 e. The van der Waals surface area contributed by atoms with Crippen LogP contribution in [0.1, 0.15) is 11.1 Å². The molecule has 1 aromatic carbocycles. The second-order valence-corrected chi connectivity index (χ2v) is 2.55. The van der Waals surface area contributed by atoms with Gasteiger partial charge in [-0.15, -0.1) is 24.8 Å². The fourth-order valence-corrected chi connectivity index (χ4v) is 1.00. The van der Waals surface area contributed by atoms with E-state index in [1.165, 1.54) is 0 Å². The normalized spacial score (nSPS) is 8.73. The monoisotopic (exact) mass is 257 g/mol. The van der Waals surface area contributed by atoms with E-state index in [1.807, 2.05) is 0 Å². The van der Waals surface area contributed by atoms with Crippen molar-refractivity contribution in [3.63, 3.8) is 0 Å². The standard InChI is InChI=1S/C8H9F2N3.2ClH/c9-5-1-4(3-11)2-6(10)7(5)8(12)13;;/h1-2H,3,11H2,(H3,12,13);2*1H. The number of nitrogens with two attached hydrogens (primary N) is 2. The summed E-state index contributed by atoms with van der Waals surface area (Å²) in [5.41, 5.74) is 10.0. The third kappa shape index (κ3) is 3.62. The Bertz CT molecular complexity index is 335. The van der Waals surface area contributed by atoms with Gasteiger partial charge < -0.3 is 11.5 Å². The van der Waals surface area contributed by atoms with Crippen LogP contribution in [0, 0.1) is 17.0 Å². The van der Waals surface area contributed by atoms with Crippen LogP contribution in [0.5, 0.6) is 0 Å². The fourth-order valence-electron chi connectivity index (χ4n) is 1.00. The Morgan fingerprint density at radius 3 is 1.87 bits per heavy atom. The van der Waals surface area contributed by atoms with E-state index >= 15 is 0 Å². The molecule has 0 heterocycles. The van der Waals surface area contributed by atoms with E-state index in [-0.39, 0.29) is 31.4 Å². The molecule has 0 atom stereocenters. The third-order valence-electron chi connectivity index (χ3n) is 1.61. The van der Waals surface area contributed by atoms with Gasteiger partial charge in [0.05, 0.1) is 5.56 Å². The first-order chi connectivity index (χ1) is 6.06. The van der Waals surface area contributed by atoms with Crippen LogP contribution in [-0.4, -0.2) is 5.84 Å². The zero-order valence-electron chi connectivity index (χ0n) is 7.59. The Morgan fingerprint density at radius 1 is 1.20 bits per heavy atom. The van der Waals surface area contributed by atoms with Gasteiger partial charge in [-0.2, -0.15) is 0 Å². The molecule has 0 bridgehead atoms. The SMILES string of the molecule is Cl.Cl.N=C(N)c1c(F)cc(CN)cc1F. The molecule has 0 saturated carbocycles. The van der Waals surface area contributed by atoms with Gasteiger partial charge in [-0.3, -0.25) is 5.41 Å². The number of amidine groups is 1. The minimum atomic E-state index is -0.854. The van der Waals surface area contributed by atoms with Crippen LogP contribution < -0.4 is 11.5 Å². The van der Waals surface area contributed by atoms with E-state index in [4.69, 9.17) is 16.9 Å². The van der Waals surface area contributed by atoms with Crippen molar-refractivity contribution in [3.8, 4) is 0 Å². The first-order valence-electron chi connectivity index (χ1n) is 3.58. The molecule has 0 aliphatic heterocycles. The highest BCUT2D eigenvalue weighted by Gasteiger charge is 2.12. The van der Waals surface area contributed by atoms with Crippen molar-refractivity contribution in [2.45, 2.75) is 6.54 Å². The van der Waals surface area contributed by atoms with Gasteiger partial charge >= 0.3 is 0 Å². The summed E-state index contributed by atoms with van der Waals surface area (Å²) < 4.78 is 26.1. The van der Waals surface area contributed by atoms with Crippen molar-refractivity contribution >= 4 is 30.6 Å². The average molecular weight is 258 g/mol. The number of nitrogen functional groups attached to an aromatic ring is 1. The van der Waals surface area contributed by atoms with Crippen LogP contribution in [0.15, 0.2) is 12.1 Å². The van der Waals surface area contributed by atoms with Gasteiger partial charge in [0.25, 0.3) is 0 Å². The first-order valence-corrected chi connectivity index (χ1v) is 3.58. The van der Waals surface area contributed by atoms with E-state index in [2.05, 4.69) is 0 Å². The summed E-state index contributed by atoms with van der Waals surface area (Å²) in [6.07, 6.45) is 0. The molecule has 0 saturated heterocycles. The summed E-state index contributed by atoms with van der Waals surface area (Å²) in [4.78, 5) is 0. The number of halogens is 4. The van der Waals surface area contributed by atoms with E-state index in [0.717, 1.165) is 12.1 Å². The second kappa shape index (κ2) is 6.55. The van der Waals surface area contributed by atoms with E-state index in [1.54, 1.807) is 0 Å². The van der Waals surface area contributed by atoms with Gasteiger partial charge in [-0.25, -0.2) is 8.78 Å². The molecule has 1 aromatic rings. The van der Waals surface area contributed by atoms with Crippen LogP contribution >= 0.6 is 24.8 Å². The Morgan fingerprint density at radius 2 is 1.60 bits per heavy atom. The van der Waals surface area contributed by atoms with E-state index in [0.29, 0.717) is 5.56 Å². The van der Waals surface area contributed by atoms with Crippen LogP contribution in [0.2, 0.25) is 0 Å². The summed E-state index contributed by atoms with van der Waals surface area (Å²) in [5, 5.41) is 6.91. The van der Waals surface area contributed by atoms with Crippen molar-refractivity contribution in [2.75, 3.05) is 0 Å². The molecular formula is C8H11Cl2F2N3. The highest BCUT2D eigenvalue weighted by atomic mass is 35.5. The molecule has 0 radical (unpaired) electrons. The number of rotatable bonds is 2. The van der Waals surface area contributed by atoms with Gasteiger partial charge in [0.15, 0.2) is 0 Å². The molecular weight excluding hydrogens is 247 g/mol. The smallest absolute Gasteiger partial charge is 0.137 e. The van der Waals surface area contributed by atoms with Crippen molar-refractivity contribution in [3.05, 3.63) is 34.9 Å². The highest BCUT2D eigenvalue weighted by Crippen LogP contribution is 2.14. The van der Waals surface area contributed by atoms with Crippen molar-refractivity contribution in [1.29, 1.82) is 5.41 Å². The lowest BCUT2D eigenvalue weighted by Gasteiger charge is -2.04. The van der Waals surface area contributed by atoms with Gasteiger partial charge in [0.2, 0.25) is 0 Å². The molecule has 0 aliphatic rings. The van der Waals surface area contributed by atoms with Crippen molar-refractivity contribution < 1.29 is 8.78 Å². The lowest BCUT2D eigenvalue weighted by molar-refractivity contribution is 0.575. The number of hydrogen-bond donors (Lipinski definition) is 3. The minimum absolute atomic E-state index is 0. The Labute approximate surface area is 98.2 Å². The maximum Gasteiger partial charge on any atom is 0.137 e. The predicted molar refractivity (Wildman–Crippen MR) is 59.8 cm³/mol.